The summed E-state index contributed by atoms with van der Waals surface area (Å²) in [5.41, 5.74) is 0.167. The molecule has 184 valence electrons. The average molecular weight is 495 g/mol. The number of H-pyrrole nitrogens is 1. The first-order valence-corrected chi connectivity index (χ1v) is 10.7. The van der Waals surface area contributed by atoms with E-state index in [0.717, 1.165) is 12.1 Å². The minimum absolute atomic E-state index is 0.00901. The number of methoxy groups -OCH3 is 1. The molecular formula is C25H20F3N5O3. The van der Waals surface area contributed by atoms with Crippen molar-refractivity contribution in [2.75, 3.05) is 12.0 Å². The molecule has 1 unspecified atom stereocenters. The van der Waals surface area contributed by atoms with Crippen LogP contribution in [0, 0.1) is 11.3 Å². The minimum Gasteiger partial charge on any atom is -0.466 e. The van der Waals surface area contributed by atoms with Crippen molar-refractivity contribution in [2.45, 2.75) is 26.1 Å². The summed E-state index contributed by atoms with van der Waals surface area (Å²) in [5, 5.41) is 15.8. The number of rotatable bonds is 4. The summed E-state index contributed by atoms with van der Waals surface area (Å²) in [5.74, 6) is -0.783. The van der Waals surface area contributed by atoms with Crippen LogP contribution in [0.3, 0.4) is 0 Å². The first kappa shape index (κ1) is 24.5. The van der Waals surface area contributed by atoms with Crippen LogP contribution in [0.4, 0.5) is 24.8 Å². The molecule has 0 saturated carbocycles. The van der Waals surface area contributed by atoms with Crippen molar-refractivity contribution in [2.24, 2.45) is 0 Å². The third kappa shape index (κ3) is 4.07. The normalized spacial score (nSPS) is 15.7. The Hall–Kier alpha value is -4.59. The number of nitrogens with zero attached hydrogens (tertiary/aromatic N) is 4. The largest absolute Gasteiger partial charge is 0.466 e. The van der Waals surface area contributed by atoms with Crippen LogP contribution in [0.15, 0.2) is 64.6 Å². The number of ether oxygens (including phenoxy) is 1. The number of carbonyl (C=O) groups excluding carboxylic acids is 1. The van der Waals surface area contributed by atoms with Crippen LogP contribution in [0.2, 0.25) is 0 Å². The van der Waals surface area contributed by atoms with Gasteiger partial charge in [0.2, 0.25) is 5.95 Å². The van der Waals surface area contributed by atoms with Gasteiger partial charge < -0.3 is 4.74 Å². The second-order valence-corrected chi connectivity index (χ2v) is 7.93. The highest BCUT2D eigenvalue weighted by Gasteiger charge is 2.40. The van der Waals surface area contributed by atoms with E-state index < -0.39 is 29.4 Å². The molecule has 0 aliphatic carbocycles. The molecule has 1 N–H and O–H groups in total. The number of benzene rings is 2. The highest BCUT2D eigenvalue weighted by molar-refractivity contribution is 5.94. The van der Waals surface area contributed by atoms with Crippen LogP contribution in [-0.2, 0) is 15.7 Å². The molecule has 1 aromatic heterocycles. The average Bonchev–Trinajstić information content (AvgIpc) is 3.23. The highest BCUT2D eigenvalue weighted by atomic mass is 19.4. The van der Waals surface area contributed by atoms with E-state index in [1.54, 1.807) is 44.2 Å². The molecule has 11 heteroatoms. The number of halogens is 3. The van der Waals surface area contributed by atoms with Crippen LogP contribution >= 0.6 is 0 Å². The number of aromatic amines is 1. The van der Waals surface area contributed by atoms with Crippen molar-refractivity contribution in [1.29, 1.82) is 5.26 Å². The van der Waals surface area contributed by atoms with Crippen LogP contribution in [0.25, 0.3) is 6.08 Å². The van der Waals surface area contributed by atoms with Gasteiger partial charge in [-0.05, 0) is 55.3 Å². The number of allylic oxidation sites excluding steroid dienone is 2. The van der Waals surface area contributed by atoms with E-state index in [2.05, 4.69) is 16.3 Å². The Labute approximate surface area is 203 Å². The van der Waals surface area contributed by atoms with E-state index in [9.17, 15) is 28.0 Å². The quantitative estimate of drug-likeness (QED) is 0.527. The number of carbonyl (C=O) groups is 1. The third-order valence-electron chi connectivity index (χ3n) is 5.84. The summed E-state index contributed by atoms with van der Waals surface area (Å²) in [6.07, 6.45) is -1.14. The van der Waals surface area contributed by atoms with Gasteiger partial charge in [-0.2, -0.15) is 18.4 Å². The van der Waals surface area contributed by atoms with E-state index in [4.69, 9.17) is 4.74 Å². The molecule has 1 aliphatic heterocycles. The summed E-state index contributed by atoms with van der Waals surface area (Å²) in [7, 11) is 1.17. The van der Waals surface area contributed by atoms with Crippen molar-refractivity contribution in [3.63, 3.8) is 0 Å². The van der Waals surface area contributed by atoms with Crippen molar-refractivity contribution < 1.29 is 22.7 Å². The van der Waals surface area contributed by atoms with E-state index in [0.29, 0.717) is 16.7 Å². The minimum atomic E-state index is -4.60. The predicted molar refractivity (Wildman–Crippen MR) is 125 cm³/mol. The second kappa shape index (κ2) is 9.22. The van der Waals surface area contributed by atoms with Gasteiger partial charge >= 0.3 is 17.8 Å². The van der Waals surface area contributed by atoms with Gasteiger partial charge in [0.05, 0.1) is 29.9 Å². The van der Waals surface area contributed by atoms with Crippen molar-refractivity contribution in [3.8, 4) is 6.07 Å². The maximum absolute atomic E-state index is 13.4. The molecule has 8 nitrogen and oxygen atoms in total. The van der Waals surface area contributed by atoms with Crippen LogP contribution in [-0.4, -0.2) is 27.8 Å². The van der Waals surface area contributed by atoms with E-state index in [1.165, 1.54) is 28.7 Å². The first-order valence-electron chi connectivity index (χ1n) is 10.7. The van der Waals surface area contributed by atoms with Crippen molar-refractivity contribution >= 4 is 23.7 Å². The Morgan fingerprint density at radius 2 is 2.00 bits per heavy atom. The monoisotopic (exact) mass is 495 g/mol. The van der Waals surface area contributed by atoms with Gasteiger partial charge in [-0.15, -0.1) is 5.10 Å². The molecule has 2 aromatic carbocycles. The summed E-state index contributed by atoms with van der Waals surface area (Å²) in [4.78, 5) is 27.4. The molecule has 2 heterocycles. The Bertz CT molecular complexity index is 1510. The lowest BCUT2D eigenvalue weighted by Gasteiger charge is -2.36. The number of alkyl halides is 3. The Morgan fingerprint density at radius 1 is 1.25 bits per heavy atom. The number of anilines is 2. The van der Waals surface area contributed by atoms with Crippen LogP contribution in [0.1, 0.15) is 42.1 Å². The topological polar surface area (TPSA) is 104 Å². The number of nitriles is 1. The SMILES string of the molecule is CC=Cc1cc(C#N)ccc1C1C(C(=O)OC)=C(C)N(c2cccc(C(F)(F)F)c2)c2n[nH]c(=O)n21. The molecule has 0 spiro atoms. The third-order valence-corrected chi connectivity index (χ3v) is 5.84. The summed E-state index contributed by atoms with van der Waals surface area (Å²) >= 11 is 0. The summed E-state index contributed by atoms with van der Waals surface area (Å²) in [6.45, 7) is 3.32. The lowest BCUT2D eigenvalue weighted by Crippen LogP contribution is -2.38. The van der Waals surface area contributed by atoms with Crippen molar-refractivity contribution in [3.05, 3.63) is 92.5 Å². The second-order valence-electron chi connectivity index (χ2n) is 7.93. The molecule has 0 bridgehead atoms. The molecule has 0 saturated heterocycles. The van der Waals surface area contributed by atoms with Crippen molar-refractivity contribution in [1.82, 2.24) is 14.8 Å². The molecule has 0 fully saturated rings. The Balaban J connectivity index is 2.05. The molecule has 4 rings (SSSR count). The Kier molecular flexibility index (Phi) is 6.28. The zero-order valence-electron chi connectivity index (χ0n) is 19.4. The fourth-order valence-corrected chi connectivity index (χ4v) is 4.30. The van der Waals surface area contributed by atoms with Crippen LogP contribution in [0.5, 0.6) is 0 Å². The number of nitrogens with one attached hydrogen (secondary N) is 1. The van der Waals surface area contributed by atoms with Gasteiger partial charge in [0.15, 0.2) is 0 Å². The standard InChI is InChI=1S/C25H20F3N5O3/c1-4-6-16-11-15(13-29)9-10-19(16)21-20(22(34)36-3)14(2)32(23-30-31-24(35)33(21)23)18-8-5-7-17(12-18)25(26,27)28/h4-12,21H,1-3H3,(H,31,35). The molecular weight excluding hydrogens is 475 g/mol. The molecule has 3 aromatic rings. The zero-order chi connectivity index (χ0) is 26.2. The molecule has 1 atom stereocenters. The van der Waals surface area contributed by atoms with E-state index in [-0.39, 0.29) is 22.9 Å². The lowest BCUT2D eigenvalue weighted by atomic mass is 9.90. The highest BCUT2D eigenvalue weighted by Crippen LogP contribution is 2.43. The van der Waals surface area contributed by atoms with E-state index >= 15 is 0 Å². The van der Waals surface area contributed by atoms with Gasteiger partial charge in [0.25, 0.3) is 0 Å². The van der Waals surface area contributed by atoms with Gasteiger partial charge in [0.1, 0.15) is 6.04 Å². The maximum Gasteiger partial charge on any atom is 0.416 e. The van der Waals surface area contributed by atoms with Gasteiger partial charge in [-0.3, -0.25) is 4.90 Å². The number of hydrogen-bond donors (Lipinski definition) is 1. The summed E-state index contributed by atoms with van der Waals surface area (Å²) in [6, 6.07) is 10.3. The fraction of sp³-hybridized carbons (Fsp3) is 0.200. The molecule has 0 radical (unpaired) electrons. The number of esters is 1. The summed E-state index contributed by atoms with van der Waals surface area (Å²) < 4.78 is 46.5. The Morgan fingerprint density at radius 3 is 2.64 bits per heavy atom. The molecule has 1 aliphatic rings. The lowest BCUT2D eigenvalue weighted by molar-refractivity contribution is -0.138. The fourth-order valence-electron chi connectivity index (χ4n) is 4.30. The first-order chi connectivity index (χ1) is 17.1. The van der Waals surface area contributed by atoms with E-state index in [1.807, 2.05) is 0 Å². The maximum atomic E-state index is 13.4. The number of hydrogen-bond acceptors (Lipinski definition) is 6. The van der Waals surface area contributed by atoms with Gasteiger partial charge in [-0.1, -0.05) is 24.3 Å². The predicted octanol–water partition coefficient (Wildman–Crippen LogP) is 4.68. The number of aromatic nitrogens is 3. The number of fused-ring (bicyclic) bond motifs is 1. The van der Waals surface area contributed by atoms with Gasteiger partial charge in [0, 0.05) is 11.4 Å². The van der Waals surface area contributed by atoms with Crippen LogP contribution < -0.4 is 10.6 Å². The molecule has 0 amide bonds. The van der Waals surface area contributed by atoms with Gasteiger partial charge in [-0.25, -0.2) is 19.3 Å². The molecule has 36 heavy (non-hydrogen) atoms. The zero-order valence-corrected chi connectivity index (χ0v) is 19.4. The smallest absolute Gasteiger partial charge is 0.416 e.